The van der Waals surface area contributed by atoms with Crippen LogP contribution in [0.5, 0.6) is 0 Å². The number of aliphatic hydroxyl groups excluding tert-OH is 1. The zero-order chi connectivity index (χ0) is 13.8. The molecule has 1 saturated heterocycles. The number of rotatable bonds is 6. The summed E-state index contributed by atoms with van der Waals surface area (Å²) in [6.45, 7) is 5.53. The first-order valence-electron chi connectivity index (χ1n) is 7.74. The summed E-state index contributed by atoms with van der Waals surface area (Å²) >= 11 is 0. The van der Waals surface area contributed by atoms with E-state index in [1.165, 1.54) is 18.5 Å². The molecule has 1 aromatic rings. The number of anilines is 1. The van der Waals surface area contributed by atoms with Gasteiger partial charge in [-0.3, -0.25) is 4.90 Å². The fraction of sp³-hybridized carbons (Fsp3) is 0.625. The standard InChI is InChI=1S/C16H25N3O/c20-13-15(17-14-6-7-14)12-18-8-10-19(11-9-18)16-4-2-1-3-5-16/h1-5,14-15,17,20H,6-13H2. The average Bonchev–Trinajstić information content (AvgIpc) is 3.32. The lowest BCUT2D eigenvalue weighted by Crippen LogP contribution is -2.52. The number of benzene rings is 1. The fourth-order valence-corrected chi connectivity index (χ4v) is 2.89. The highest BCUT2D eigenvalue weighted by molar-refractivity contribution is 5.46. The molecule has 4 nitrogen and oxygen atoms in total. The monoisotopic (exact) mass is 275 g/mol. The van der Waals surface area contributed by atoms with Gasteiger partial charge in [0, 0.05) is 50.5 Å². The van der Waals surface area contributed by atoms with Crippen molar-refractivity contribution in [2.45, 2.75) is 24.9 Å². The molecule has 0 bridgehead atoms. The zero-order valence-electron chi connectivity index (χ0n) is 12.0. The Morgan fingerprint density at radius 1 is 1.10 bits per heavy atom. The van der Waals surface area contributed by atoms with Crippen molar-refractivity contribution in [3.63, 3.8) is 0 Å². The van der Waals surface area contributed by atoms with Gasteiger partial charge in [-0.15, -0.1) is 0 Å². The Bertz CT molecular complexity index is 399. The molecule has 1 atom stereocenters. The highest BCUT2D eigenvalue weighted by Gasteiger charge is 2.26. The highest BCUT2D eigenvalue weighted by Crippen LogP contribution is 2.20. The highest BCUT2D eigenvalue weighted by atomic mass is 16.3. The van der Waals surface area contributed by atoms with Gasteiger partial charge in [0.15, 0.2) is 0 Å². The van der Waals surface area contributed by atoms with E-state index in [4.69, 9.17) is 0 Å². The summed E-state index contributed by atoms with van der Waals surface area (Å²) in [5.74, 6) is 0. The molecule has 1 unspecified atom stereocenters. The van der Waals surface area contributed by atoms with Crippen LogP contribution in [0.15, 0.2) is 30.3 Å². The second-order valence-corrected chi connectivity index (χ2v) is 5.94. The summed E-state index contributed by atoms with van der Waals surface area (Å²) in [5.41, 5.74) is 1.32. The van der Waals surface area contributed by atoms with Crippen LogP contribution in [0, 0.1) is 0 Å². The summed E-state index contributed by atoms with van der Waals surface area (Å²) in [4.78, 5) is 4.91. The van der Waals surface area contributed by atoms with Crippen LogP contribution < -0.4 is 10.2 Å². The number of hydrogen-bond donors (Lipinski definition) is 2. The minimum Gasteiger partial charge on any atom is -0.395 e. The Balaban J connectivity index is 1.45. The maximum atomic E-state index is 9.46. The molecule has 3 rings (SSSR count). The molecular weight excluding hydrogens is 250 g/mol. The lowest BCUT2D eigenvalue weighted by molar-refractivity contribution is 0.174. The molecule has 0 amide bonds. The zero-order valence-corrected chi connectivity index (χ0v) is 12.0. The lowest BCUT2D eigenvalue weighted by atomic mass is 10.2. The largest absolute Gasteiger partial charge is 0.395 e. The number of piperazine rings is 1. The van der Waals surface area contributed by atoms with Crippen LogP contribution in [0.3, 0.4) is 0 Å². The molecule has 2 aliphatic rings. The van der Waals surface area contributed by atoms with Gasteiger partial charge in [0.2, 0.25) is 0 Å². The lowest BCUT2D eigenvalue weighted by Gasteiger charge is -2.37. The van der Waals surface area contributed by atoms with Crippen molar-refractivity contribution < 1.29 is 5.11 Å². The van der Waals surface area contributed by atoms with Gasteiger partial charge in [0.1, 0.15) is 0 Å². The SMILES string of the molecule is OCC(CN1CCN(c2ccccc2)CC1)NC1CC1. The molecule has 0 aromatic heterocycles. The molecule has 4 heteroatoms. The van der Waals surface area contributed by atoms with Gasteiger partial charge in [-0.2, -0.15) is 0 Å². The third kappa shape index (κ3) is 3.72. The molecule has 1 aliphatic heterocycles. The van der Waals surface area contributed by atoms with Crippen molar-refractivity contribution in [3.05, 3.63) is 30.3 Å². The van der Waals surface area contributed by atoms with Gasteiger partial charge in [0.05, 0.1) is 6.61 Å². The molecule has 0 spiro atoms. The predicted molar refractivity (Wildman–Crippen MR) is 82.1 cm³/mol. The van der Waals surface area contributed by atoms with Crippen LogP contribution in [0.4, 0.5) is 5.69 Å². The Kier molecular flexibility index (Phi) is 4.55. The van der Waals surface area contributed by atoms with Gasteiger partial charge in [0.25, 0.3) is 0 Å². The molecule has 1 saturated carbocycles. The van der Waals surface area contributed by atoms with E-state index in [0.29, 0.717) is 6.04 Å². The first-order chi connectivity index (χ1) is 9.85. The van der Waals surface area contributed by atoms with Gasteiger partial charge in [-0.25, -0.2) is 0 Å². The fourth-order valence-electron chi connectivity index (χ4n) is 2.89. The Labute approximate surface area is 121 Å². The van der Waals surface area contributed by atoms with E-state index in [9.17, 15) is 5.11 Å². The third-order valence-corrected chi connectivity index (χ3v) is 4.24. The second-order valence-electron chi connectivity index (χ2n) is 5.94. The van der Waals surface area contributed by atoms with Gasteiger partial charge in [-0.1, -0.05) is 18.2 Å². The van der Waals surface area contributed by atoms with E-state index in [0.717, 1.165) is 32.7 Å². The minimum atomic E-state index is 0.241. The van der Waals surface area contributed by atoms with E-state index in [-0.39, 0.29) is 12.6 Å². The first kappa shape index (κ1) is 13.9. The van der Waals surface area contributed by atoms with Crippen molar-refractivity contribution in [2.24, 2.45) is 0 Å². The van der Waals surface area contributed by atoms with Crippen molar-refractivity contribution >= 4 is 5.69 Å². The van der Waals surface area contributed by atoms with Crippen LogP contribution in [0.25, 0.3) is 0 Å². The summed E-state index contributed by atoms with van der Waals surface area (Å²) in [5, 5.41) is 13.0. The molecular formula is C16H25N3O. The topological polar surface area (TPSA) is 38.7 Å². The number of para-hydroxylation sites is 1. The van der Waals surface area contributed by atoms with Gasteiger partial charge in [-0.05, 0) is 25.0 Å². The summed E-state index contributed by atoms with van der Waals surface area (Å²) in [7, 11) is 0. The molecule has 2 fully saturated rings. The normalized spacial score (nSPS) is 21.9. The Hall–Kier alpha value is -1.10. The molecule has 1 heterocycles. The van der Waals surface area contributed by atoms with Crippen LogP contribution >= 0.6 is 0 Å². The first-order valence-corrected chi connectivity index (χ1v) is 7.74. The third-order valence-electron chi connectivity index (χ3n) is 4.24. The van der Waals surface area contributed by atoms with Crippen LogP contribution in [0.2, 0.25) is 0 Å². The Morgan fingerprint density at radius 3 is 2.40 bits per heavy atom. The number of hydrogen-bond acceptors (Lipinski definition) is 4. The molecule has 0 radical (unpaired) electrons. The van der Waals surface area contributed by atoms with E-state index in [2.05, 4.69) is 45.4 Å². The maximum absolute atomic E-state index is 9.46. The molecule has 20 heavy (non-hydrogen) atoms. The van der Waals surface area contributed by atoms with Gasteiger partial charge < -0.3 is 15.3 Å². The van der Waals surface area contributed by atoms with Crippen LogP contribution in [0.1, 0.15) is 12.8 Å². The van der Waals surface area contributed by atoms with E-state index in [1.807, 2.05) is 0 Å². The van der Waals surface area contributed by atoms with Crippen LogP contribution in [-0.2, 0) is 0 Å². The van der Waals surface area contributed by atoms with Crippen molar-refractivity contribution in [1.29, 1.82) is 0 Å². The summed E-state index contributed by atoms with van der Waals surface area (Å²) < 4.78 is 0. The van der Waals surface area contributed by atoms with Crippen molar-refractivity contribution in [2.75, 3.05) is 44.2 Å². The molecule has 110 valence electrons. The second kappa shape index (κ2) is 6.57. The quantitative estimate of drug-likeness (QED) is 0.810. The Morgan fingerprint density at radius 2 is 1.80 bits per heavy atom. The van der Waals surface area contributed by atoms with Gasteiger partial charge >= 0.3 is 0 Å². The molecule has 1 aromatic carbocycles. The minimum absolute atomic E-state index is 0.241. The maximum Gasteiger partial charge on any atom is 0.0597 e. The summed E-state index contributed by atoms with van der Waals surface area (Å²) in [6.07, 6.45) is 2.55. The number of aliphatic hydroxyl groups is 1. The smallest absolute Gasteiger partial charge is 0.0597 e. The van der Waals surface area contributed by atoms with Crippen molar-refractivity contribution in [1.82, 2.24) is 10.2 Å². The summed E-state index contributed by atoms with van der Waals surface area (Å²) in [6, 6.07) is 11.5. The van der Waals surface area contributed by atoms with E-state index < -0.39 is 0 Å². The van der Waals surface area contributed by atoms with Crippen LogP contribution in [-0.4, -0.2) is 61.4 Å². The number of nitrogens with one attached hydrogen (secondary N) is 1. The average molecular weight is 275 g/mol. The molecule has 2 N–H and O–H groups in total. The van der Waals surface area contributed by atoms with E-state index >= 15 is 0 Å². The number of nitrogens with zero attached hydrogens (tertiary/aromatic N) is 2. The molecule has 1 aliphatic carbocycles. The van der Waals surface area contributed by atoms with Crippen molar-refractivity contribution in [3.8, 4) is 0 Å². The van der Waals surface area contributed by atoms with E-state index in [1.54, 1.807) is 0 Å². The predicted octanol–water partition coefficient (Wildman–Crippen LogP) is 0.921.